The highest BCUT2D eigenvalue weighted by atomic mass is 79.9. The Morgan fingerprint density at radius 3 is 1.94 bits per heavy atom. The number of nitrogens with zero attached hydrogens (tertiary/aromatic N) is 1. The third kappa shape index (κ3) is 7.29. The predicted molar refractivity (Wildman–Crippen MR) is 48.4 cm³/mol. The molecular weight excluding hydrogens is 308 g/mol. The lowest BCUT2D eigenvalue weighted by Crippen LogP contribution is -2.43. The van der Waals surface area contributed by atoms with Crippen molar-refractivity contribution in [3.8, 4) is 0 Å². The molecule has 0 aliphatic rings. The topological polar surface area (TPSA) is 23.5 Å². The van der Waals surface area contributed by atoms with Gasteiger partial charge < -0.3 is 5.11 Å². The van der Waals surface area contributed by atoms with E-state index >= 15 is 0 Å². The highest BCUT2D eigenvalue weighted by Gasteiger charge is 2.40. The van der Waals surface area contributed by atoms with Crippen LogP contribution in [0.2, 0.25) is 0 Å². The van der Waals surface area contributed by atoms with Gasteiger partial charge in [-0.15, -0.1) is 0 Å². The molecule has 0 heterocycles. The quantitative estimate of drug-likeness (QED) is 0.620. The first-order valence-electron chi connectivity index (χ1n) is 4.17. The van der Waals surface area contributed by atoms with Crippen molar-refractivity contribution in [2.75, 3.05) is 26.2 Å². The molecule has 0 spiro atoms. The van der Waals surface area contributed by atoms with Crippen LogP contribution in [0.25, 0.3) is 0 Å². The maximum atomic E-state index is 12.1. The van der Waals surface area contributed by atoms with E-state index < -0.39 is 43.4 Å². The van der Waals surface area contributed by atoms with Gasteiger partial charge in [0.2, 0.25) is 0 Å². The second-order valence-electron chi connectivity index (χ2n) is 3.08. The van der Waals surface area contributed by atoms with Crippen molar-refractivity contribution < 1.29 is 31.4 Å². The van der Waals surface area contributed by atoms with Gasteiger partial charge in [0, 0.05) is 13.1 Å². The van der Waals surface area contributed by atoms with Crippen molar-refractivity contribution in [3.63, 3.8) is 0 Å². The van der Waals surface area contributed by atoms with Gasteiger partial charge in [-0.05, 0) is 0 Å². The van der Waals surface area contributed by atoms with Gasteiger partial charge in [-0.2, -0.15) is 26.3 Å². The summed E-state index contributed by atoms with van der Waals surface area (Å²) in [6.45, 7) is -3.43. The summed E-state index contributed by atoms with van der Waals surface area (Å²) in [7, 11) is 0. The van der Waals surface area contributed by atoms with Gasteiger partial charge in [0.1, 0.15) is 4.83 Å². The van der Waals surface area contributed by atoms with E-state index in [9.17, 15) is 26.3 Å². The normalized spacial score (nSPS) is 15.6. The molecule has 0 saturated heterocycles. The Hall–Kier alpha value is -0.0200. The van der Waals surface area contributed by atoms with Gasteiger partial charge in [0.05, 0.1) is 13.2 Å². The van der Waals surface area contributed by atoms with Crippen molar-refractivity contribution in [1.29, 1.82) is 0 Å². The molecule has 98 valence electrons. The average molecular weight is 318 g/mol. The molecule has 1 N–H and O–H groups in total. The van der Waals surface area contributed by atoms with Crippen LogP contribution >= 0.6 is 15.9 Å². The number of hydrogen-bond acceptors (Lipinski definition) is 2. The standard InChI is InChI=1S/C7H10BrF6NO/c8-5(7(12,13)14)3-15(1-2-16)4-6(9,10)11/h5,16H,1-4H2. The summed E-state index contributed by atoms with van der Waals surface area (Å²) >= 11 is 2.26. The first kappa shape index (κ1) is 16.0. The Balaban J connectivity index is 4.34. The second-order valence-corrected chi connectivity index (χ2v) is 4.19. The number of rotatable bonds is 5. The molecule has 0 saturated carbocycles. The highest BCUT2D eigenvalue weighted by molar-refractivity contribution is 9.09. The van der Waals surface area contributed by atoms with Crippen molar-refractivity contribution in [1.82, 2.24) is 4.90 Å². The molecule has 0 aromatic carbocycles. The number of halogens is 7. The Bertz CT molecular complexity index is 206. The number of aliphatic hydroxyl groups is 1. The smallest absolute Gasteiger partial charge is 0.395 e. The molecule has 0 aromatic rings. The third-order valence-electron chi connectivity index (χ3n) is 1.59. The largest absolute Gasteiger partial charge is 0.402 e. The lowest BCUT2D eigenvalue weighted by atomic mass is 10.3. The molecule has 0 bridgehead atoms. The van der Waals surface area contributed by atoms with Crippen molar-refractivity contribution in [2.45, 2.75) is 17.2 Å². The zero-order valence-electron chi connectivity index (χ0n) is 7.95. The molecule has 16 heavy (non-hydrogen) atoms. The maximum absolute atomic E-state index is 12.1. The van der Waals surface area contributed by atoms with E-state index in [0.29, 0.717) is 4.90 Å². The summed E-state index contributed by atoms with van der Waals surface area (Å²) in [5.41, 5.74) is 0. The van der Waals surface area contributed by atoms with Gasteiger partial charge in [-0.3, -0.25) is 4.90 Å². The van der Waals surface area contributed by atoms with Crippen LogP contribution in [0.15, 0.2) is 0 Å². The summed E-state index contributed by atoms with van der Waals surface area (Å²) in [4.78, 5) is -1.55. The molecule has 0 fully saturated rings. The second kappa shape index (κ2) is 6.06. The minimum absolute atomic E-state index is 0.461. The number of hydrogen-bond donors (Lipinski definition) is 1. The van der Waals surface area contributed by atoms with E-state index in [0.717, 1.165) is 0 Å². The molecule has 0 aliphatic heterocycles. The van der Waals surface area contributed by atoms with Gasteiger partial charge in [0.15, 0.2) is 0 Å². The molecule has 2 nitrogen and oxygen atoms in total. The number of aliphatic hydroxyl groups excluding tert-OH is 1. The highest BCUT2D eigenvalue weighted by Crippen LogP contribution is 2.27. The summed E-state index contributed by atoms with van der Waals surface area (Å²) < 4.78 is 72.1. The molecule has 0 aliphatic carbocycles. The van der Waals surface area contributed by atoms with Crippen LogP contribution in [0, 0.1) is 0 Å². The van der Waals surface area contributed by atoms with Gasteiger partial charge in [-0.1, -0.05) is 15.9 Å². The van der Waals surface area contributed by atoms with E-state index in [1.54, 1.807) is 0 Å². The first-order chi connectivity index (χ1) is 7.06. The number of alkyl halides is 7. The van der Waals surface area contributed by atoms with E-state index in [4.69, 9.17) is 5.11 Å². The summed E-state index contributed by atoms with van der Waals surface area (Å²) in [6.07, 6.45) is -9.20. The summed E-state index contributed by atoms with van der Waals surface area (Å²) in [6, 6.07) is 0. The molecule has 0 rings (SSSR count). The van der Waals surface area contributed by atoms with E-state index in [1.807, 2.05) is 0 Å². The van der Waals surface area contributed by atoms with Crippen LogP contribution in [-0.2, 0) is 0 Å². The van der Waals surface area contributed by atoms with Crippen LogP contribution in [0.3, 0.4) is 0 Å². The summed E-state index contributed by atoms with van der Waals surface area (Å²) in [5, 5.41) is 8.44. The van der Waals surface area contributed by atoms with Crippen molar-refractivity contribution in [2.24, 2.45) is 0 Å². The van der Waals surface area contributed by atoms with Crippen LogP contribution in [0.4, 0.5) is 26.3 Å². The molecule has 1 unspecified atom stereocenters. The van der Waals surface area contributed by atoms with Gasteiger partial charge in [-0.25, -0.2) is 0 Å². The van der Waals surface area contributed by atoms with Crippen LogP contribution < -0.4 is 0 Å². The van der Waals surface area contributed by atoms with E-state index in [1.165, 1.54) is 0 Å². The average Bonchev–Trinajstić information content (AvgIpc) is 1.99. The lowest BCUT2D eigenvalue weighted by molar-refractivity contribution is -0.158. The van der Waals surface area contributed by atoms with Crippen molar-refractivity contribution >= 4 is 15.9 Å². The van der Waals surface area contributed by atoms with E-state index in [-0.39, 0.29) is 0 Å². The van der Waals surface area contributed by atoms with Crippen molar-refractivity contribution in [3.05, 3.63) is 0 Å². The van der Waals surface area contributed by atoms with E-state index in [2.05, 4.69) is 15.9 Å². The third-order valence-corrected chi connectivity index (χ3v) is 2.40. The maximum Gasteiger partial charge on any atom is 0.402 e. The SMILES string of the molecule is OCCN(CC(Br)C(F)(F)F)CC(F)(F)F. The fourth-order valence-electron chi connectivity index (χ4n) is 0.960. The molecule has 0 aromatic heterocycles. The predicted octanol–water partition coefficient (Wildman–Crippen LogP) is 2.17. The fraction of sp³-hybridized carbons (Fsp3) is 1.00. The molecule has 0 radical (unpaired) electrons. The molecule has 0 amide bonds. The summed E-state index contributed by atoms with van der Waals surface area (Å²) in [5.74, 6) is 0. The minimum atomic E-state index is -4.61. The zero-order valence-corrected chi connectivity index (χ0v) is 9.53. The van der Waals surface area contributed by atoms with Crippen LogP contribution in [-0.4, -0.2) is 53.4 Å². The minimum Gasteiger partial charge on any atom is -0.395 e. The lowest BCUT2D eigenvalue weighted by Gasteiger charge is -2.26. The molecule has 9 heteroatoms. The zero-order chi connectivity index (χ0) is 13.0. The van der Waals surface area contributed by atoms with Gasteiger partial charge >= 0.3 is 12.4 Å². The van der Waals surface area contributed by atoms with Crippen LogP contribution in [0.1, 0.15) is 0 Å². The Morgan fingerprint density at radius 2 is 1.62 bits per heavy atom. The monoisotopic (exact) mass is 317 g/mol. The Morgan fingerprint density at radius 1 is 1.12 bits per heavy atom. The Kier molecular flexibility index (Phi) is 6.05. The molecule has 1 atom stereocenters. The fourth-order valence-corrected chi connectivity index (χ4v) is 1.37. The molecular formula is C7H10BrF6NO. The van der Waals surface area contributed by atoms with Gasteiger partial charge in [0.25, 0.3) is 0 Å². The van der Waals surface area contributed by atoms with Crippen LogP contribution in [0.5, 0.6) is 0 Å². The Labute approximate surface area is 96.3 Å². The first-order valence-corrected chi connectivity index (χ1v) is 5.08.